The number of hydrogen-bond acceptors (Lipinski definition) is 3. The number of nitrogens with zero attached hydrogens (tertiary/aromatic N) is 1. The summed E-state index contributed by atoms with van der Waals surface area (Å²) < 4.78 is 5.64. The molecule has 0 aromatic heterocycles. The van der Waals surface area contributed by atoms with E-state index in [0.29, 0.717) is 29.9 Å². The normalized spacial score (nSPS) is 45.7. The summed E-state index contributed by atoms with van der Waals surface area (Å²) in [4.78, 5) is 2.41. The van der Waals surface area contributed by atoms with Gasteiger partial charge in [0, 0.05) is 25.1 Å². The van der Waals surface area contributed by atoms with E-state index in [-0.39, 0.29) is 6.10 Å². The van der Waals surface area contributed by atoms with Gasteiger partial charge in [-0.25, -0.2) is 0 Å². The Kier molecular flexibility index (Phi) is 4.68. The van der Waals surface area contributed by atoms with Crippen LogP contribution in [0.25, 0.3) is 0 Å². The first-order valence-electron chi connectivity index (χ1n) is 7.49. The molecule has 3 nitrogen and oxygen atoms in total. The van der Waals surface area contributed by atoms with Gasteiger partial charge >= 0.3 is 0 Å². The molecule has 0 aromatic carbocycles. The van der Waals surface area contributed by atoms with Gasteiger partial charge < -0.3 is 14.7 Å². The molecule has 1 aliphatic heterocycles. The van der Waals surface area contributed by atoms with Crippen LogP contribution in [0.2, 0.25) is 0 Å². The topological polar surface area (TPSA) is 32.7 Å². The molecule has 0 aromatic rings. The van der Waals surface area contributed by atoms with Crippen LogP contribution < -0.4 is 0 Å². The Hall–Kier alpha value is -0.120. The molecule has 0 amide bonds. The first kappa shape index (κ1) is 14.3. The molecule has 2 fully saturated rings. The number of hydrogen-bond donors (Lipinski definition) is 1. The van der Waals surface area contributed by atoms with Crippen molar-refractivity contribution < 1.29 is 9.84 Å². The Morgan fingerprint density at radius 3 is 2.50 bits per heavy atom. The van der Waals surface area contributed by atoms with Crippen LogP contribution in [-0.2, 0) is 4.74 Å². The summed E-state index contributed by atoms with van der Waals surface area (Å²) in [5.41, 5.74) is 0. The largest absolute Gasteiger partial charge is 0.393 e. The molecule has 1 N–H and O–H groups in total. The summed E-state index contributed by atoms with van der Waals surface area (Å²) in [5, 5.41) is 10.3. The fourth-order valence-electron chi connectivity index (χ4n) is 3.94. The van der Waals surface area contributed by atoms with Crippen molar-refractivity contribution in [3.63, 3.8) is 0 Å². The monoisotopic (exact) mass is 255 g/mol. The summed E-state index contributed by atoms with van der Waals surface area (Å²) in [6, 6.07) is 0.531. The van der Waals surface area contributed by atoms with Crippen molar-refractivity contribution in [2.45, 2.75) is 58.3 Å². The van der Waals surface area contributed by atoms with Crippen LogP contribution in [0.15, 0.2) is 0 Å². The highest BCUT2D eigenvalue weighted by atomic mass is 16.5. The van der Waals surface area contributed by atoms with Crippen molar-refractivity contribution in [2.24, 2.45) is 17.8 Å². The average Bonchev–Trinajstić information content (AvgIpc) is 2.69. The van der Waals surface area contributed by atoms with Gasteiger partial charge in [0.05, 0.1) is 12.2 Å². The third-order valence-electron chi connectivity index (χ3n) is 5.04. The molecule has 106 valence electrons. The Morgan fingerprint density at radius 2 is 1.94 bits per heavy atom. The summed E-state index contributed by atoms with van der Waals surface area (Å²) in [5.74, 6) is 1.73. The Morgan fingerprint density at radius 1 is 1.22 bits per heavy atom. The van der Waals surface area contributed by atoms with Crippen LogP contribution in [0.4, 0.5) is 0 Å². The SMILES string of the molecule is CC1CC(C)C(CN(C)C2CCOC2C)C(O)C1. The lowest BCUT2D eigenvalue weighted by Gasteiger charge is -2.40. The van der Waals surface area contributed by atoms with Crippen LogP contribution in [-0.4, -0.2) is 48.5 Å². The predicted molar refractivity (Wildman–Crippen MR) is 73.5 cm³/mol. The zero-order chi connectivity index (χ0) is 13.3. The fourth-order valence-corrected chi connectivity index (χ4v) is 3.94. The van der Waals surface area contributed by atoms with E-state index in [1.807, 2.05) is 0 Å². The van der Waals surface area contributed by atoms with Gasteiger partial charge in [-0.15, -0.1) is 0 Å². The van der Waals surface area contributed by atoms with Gasteiger partial charge in [0.15, 0.2) is 0 Å². The lowest BCUT2D eigenvalue weighted by atomic mass is 9.73. The van der Waals surface area contributed by atoms with Gasteiger partial charge in [-0.1, -0.05) is 13.8 Å². The molecule has 2 rings (SSSR count). The van der Waals surface area contributed by atoms with E-state index in [1.54, 1.807) is 0 Å². The average molecular weight is 255 g/mol. The van der Waals surface area contributed by atoms with E-state index >= 15 is 0 Å². The highest BCUT2D eigenvalue weighted by Crippen LogP contribution is 2.35. The summed E-state index contributed by atoms with van der Waals surface area (Å²) >= 11 is 0. The lowest BCUT2D eigenvalue weighted by Crippen LogP contribution is -2.46. The Bertz CT molecular complexity index is 259. The van der Waals surface area contributed by atoms with E-state index in [0.717, 1.165) is 26.0 Å². The molecular weight excluding hydrogens is 226 g/mol. The third kappa shape index (κ3) is 3.06. The predicted octanol–water partition coefficient (Wildman–Crippen LogP) is 2.14. The van der Waals surface area contributed by atoms with E-state index in [4.69, 9.17) is 4.74 Å². The maximum atomic E-state index is 10.3. The van der Waals surface area contributed by atoms with Crippen LogP contribution in [0.3, 0.4) is 0 Å². The molecule has 1 heterocycles. The van der Waals surface area contributed by atoms with Gasteiger partial charge in [0.25, 0.3) is 0 Å². The second-order valence-corrected chi connectivity index (χ2v) is 6.66. The molecule has 3 heteroatoms. The van der Waals surface area contributed by atoms with Crippen molar-refractivity contribution in [1.29, 1.82) is 0 Å². The quantitative estimate of drug-likeness (QED) is 0.838. The van der Waals surface area contributed by atoms with Crippen LogP contribution in [0.5, 0.6) is 0 Å². The molecule has 1 aliphatic carbocycles. The minimum atomic E-state index is -0.121. The molecule has 2 aliphatic rings. The molecule has 0 bridgehead atoms. The summed E-state index contributed by atoms with van der Waals surface area (Å²) in [7, 11) is 2.19. The van der Waals surface area contributed by atoms with Crippen molar-refractivity contribution in [3.05, 3.63) is 0 Å². The maximum Gasteiger partial charge on any atom is 0.0702 e. The van der Waals surface area contributed by atoms with Gasteiger partial charge in [0.1, 0.15) is 0 Å². The number of aliphatic hydroxyl groups is 1. The second kappa shape index (κ2) is 5.89. The molecular formula is C15H29NO2. The van der Waals surface area contributed by atoms with Gasteiger partial charge in [-0.2, -0.15) is 0 Å². The van der Waals surface area contributed by atoms with E-state index in [1.165, 1.54) is 6.42 Å². The van der Waals surface area contributed by atoms with Crippen molar-refractivity contribution in [2.75, 3.05) is 20.2 Å². The molecule has 0 spiro atoms. The first-order valence-corrected chi connectivity index (χ1v) is 7.49. The lowest BCUT2D eigenvalue weighted by molar-refractivity contribution is -0.0101. The minimum absolute atomic E-state index is 0.121. The fraction of sp³-hybridized carbons (Fsp3) is 1.00. The Balaban J connectivity index is 1.91. The van der Waals surface area contributed by atoms with E-state index in [2.05, 4.69) is 32.7 Å². The van der Waals surface area contributed by atoms with Crippen LogP contribution >= 0.6 is 0 Å². The number of ether oxygens (including phenoxy) is 1. The smallest absolute Gasteiger partial charge is 0.0702 e. The maximum absolute atomic E-state index is 10.3. The number of likely N-dealkylation sites (N-methyl/N-ethyl adjacent to an activating group) is 1. The van der Waals surface area contributed by atoms with Crippen LogP contribution in [0.1, 0.15) is 40.0 Å². The van der Waals surface area contributed by atoms with Crippen molar-refractivity contribution in [3.8, 4) is 0 Å². The second-order valence-electron chi connectivity index (χ2n) is 6.66. The highest BCUT2D eigenvalue weighted by Gasteiger charge is 2.36. The van der Waals surface area contributed by atoms with Crippen LogP contribution in [0, 0.1) is 17.8 Å². The van der Waals surface area contributed by atoms with Gasteiger partial charge in [-0.3, -0.25) is 0 Å². The summed E-state index contributed by atoms with van der Waals surface area (Å²) in [6.45, 7) is 8.61. The van der Waals surface area contributed by atoms with Crippen molar-refractivity contribution in [1.82, 2.24) is 4.90 Å². The summed E-state index contributed by atoms with van der Waals surface area (Å²) in [6.07, 6.45) is 3.57. The molecule has 0 radical (unpaired) electrons. The van der Waals surface area contributed by atoms with Gasteiger partial charge in [0.2, 0.25) is 0 Å². The minimum Gasteiger partial charge on any atom is -0.393 e. The third-order valence-corrected chi connectivity index (χ3v) is 5.04. The first-order chi connectivity index (χ1) is 8.49. The van der Waals surface area contributed by atoms with Gasteiger partial charge in [-0.05, 0) is 45.1 Å². The van der Waals surface area contributed by atoms with E-state index < -0.39 is 0 Å². The molecule has 6 unspecified atom stereocenters. The molecule has 18 heavy (non-hydrogen) atoms. The standard InChI is InChI=1S/C15H29NO2/c1-10-7-11(2)13(15(17)8-10)9-16(4)14-5-6-18-12(14)3/h10-15,17H,5-9H2,1-4H3. The zero-order valence-corrected chi connectivity index (χ0v) is 12.3. The number of rotatable bonds is 3. The number of aliphatic hydroxyl groups excluding tert-OH is 1. The van der Waals surface area contributed by atoms with Crippen molar-refractivity contribution >= 4 is 0 Å². The molecule has 1 saturated heterocycles. The van der Waals surface area contributed by atoms with E-state index in [9.17, 15) is 5.11 Å². The highest BCUT2D eigenvalue weighted by molar-refractivity contribution is 4.88. The molecule has 6 atom stereocenters. The zero-order valence-electron chi connectivity index (χ0n) is 12.3. The molecule has 1 saturated carbocycles. The Labute approximate surface area is 112 Å².